The van der Waals surface area contributed by atoms with Gasteiger partial charge in [-0.15, -0.1) is 0 Å². The number of rotatable bonds is 6. The van der Waals surface area contributed by atoms with E-state index in [4.69, 9.17) is 16.0 Å². The maximum atomic E-state index is 11.9. The smallest absolute Gasteiger partial charge is 0.329 e. The van der Waals surface area contributed by atoms with Crippen LogP contribution in [0.4, 0.5) is 5.69 Å². The van der Waals surface area contributed by atoms with E-state index < -0.39 is 11.8 Å². The summed E-state index contributed by atoms with van der Waals surface area (Å²) < 4.78 is 5.10. The van der Waals surface area contributed by atoms with Gasteiger partial charge in [0.15, 0.2) is 0 Å². The monoisotopic (exact) mass is 390 g/mol. The molecule has 8 nitrogen and oxygen atoms in total. The fourth-order valence-corrected chi connectivity index (χ4v) is 2.17. The summed E-state index contributed by atoms with van der Waals surface area (Å²) in [4.78, 5) is 35.4. The van der Waals surface area contributed by atoms with Crippen LogP contribution < -0.4 is 16.1 Å². The van der Waals surface area contributed by atoms with E-state index in [9.17, 15) is 14.4 Å². The molecule has 0 saturated carbocycles. The lowest BCUT2D eigenvalue weighted by Gasteiger charge is -2.06. The number of benzene rings is 1. The molecule has 0 radical (unpaired) electrons. The molecular weight excluding hydrogens is 372 g/mol. The average molecular weight is 391 g/mol. The first kappa shape index (κ1) is 20.2. The van der Waals surface area contributed by atoms with Gasteiger partial charge in [-0.25, -0.2) is 5.43 Å². The average Bonchev–Trinajstić information content (AvgIpc) is 3.14. The maximum Gasteiger partial charge on any atom is 0.329 e. The summed E-state index contributed by atoms with van der Waals surface area (Å²) >= 11 is 5.97. The summed E-state index contributed by atoms with van der Waals surface area (Å²) in [6.45, 7) is 3.64. The van der Waals surface area contributed by atoms with Crippen LogP contribution in [-0.2, 0) is 20.9 Å². The molecule has 0 fully saturated rings. The Morgan fingerprint density at radius 2 is 1.96 bits per heavy atom. The quantitative estimate of drug-likeness (QED) is 0.399. The fourth-order valence-electron chi connectivity index (χ4n) is 1.99. The molecule has 0 aliphatic carbocycles. The Bertz CT molecular complexity index is 862. The van der Waals surface area contributed by atoms with E-state index >= 15 is 0 Å². The van der Waals surface area contributed by atoms with Crippen LogP contribution in [0.25, 0.3) is 0 Å². The van der Waals surface area contributed by atoms with Crippen LogP contribution in [0.15, 0.2) is 46.1 Å². The summed E-state index contributed by atoms with van der Waals surface area (Å²) in [5.41, 5.74) is 3.69. The fraction of sp³-hybridized carbons (Fsp3) is 0.222. The molecule has 0 aliphatic heterocycles. The minimum Gasteiger partial charge on any atom is -0.467 e. The van der Waals surface area contributed by atoms with Gasteiger partial charge in [-0.2, -0.15) is 5.10 Å². The molecule has 0 bridgehead atoms. The molecule has 1 aromatic carbocycles. The lowest BCUT2D eigenvalue weighted by atomic mass is 10.2. The van der Waals surface area contributed by atoms with Crippen LogP contribution in [0.1, 0.15) is 24.7 Å². The van der Waals surface area contributed by atoms with Gasteiger partial charge in [0.2, 0.25) is 5.91 Å². The number of carbonyl (C=O) groups excluding carboxylic acids is 3. The van der Waals surface area contributed by atoms with Gasteiger partial charge in [-0.3, -0.25) is 14.4 Å². The number of furan rings is 1. The second kappa shape index (κ2) is 9.54. The molecule has 0 unspecified atom stereocenters. The number of hydrazone groups is 1. The zero-order valence-electron chi connectivity index (χ0n) is 14.8. The summed E-state index contributed by atoms with van der Waals surface area (Å²) in [7, 11) is 0. The summed E-state index contributed by atoms with van der Waals surface area (Å²) in [6, 6.07) is 8.35. The van der Waals surface area contributed by atoms with Crippen molar-refractivity contribution in [2.75, 3.05) is 5.32 Å². The molecule has 2 aromatic rings. The van der Waals surface area contributed by atoms with E-state index in [-0.39, 0.29) is 18.9 Å². The lowest BCUT2D eigenvalue weighted by molar-refractivity contribution is -0.136. The first-order valence-electron chi connectivity index (χ1n) is 8.05. The Morgan fingerprint density at radius 1 is 1.19 bits per heavy atom. The molecular formula is C18H19ClN4O4. The second-order valence-corrected chi connectivity index (χ2v) is 6.15. The number of hydrogen-bond acceptors (Lipinski definition) is 5. The summed E-state index contributed by atoms with van der Waals surface area (Å²) in [6.07, 6.45) is 1.48. The van der Waals surface area contributed by atoms with Crippen LogP contribution in [-0.4, -0.2) is 23.4 Å². The van der Waals surface area contributed by atoms with E-state index in [2.05, 4.69) is 21.2 Å². The van der Waals surface area contributed by atoms with Crippen LogP contribution in [0.3, 0.4) is 0 Å². The van der Waals surface area contributed by atoms with E-state index in [0.717, 1.165) is 5.56 Å². The maximum absolute atomic E-state index is 11.9. The number of hydrogen-bond donors (Lipinski definition) is 3. The molecule has 2 rings (SSSR count). The second-order valence-electron chi connectivity index (χ2n) is 5.74. The molecule has 27 heavy (non-hydrogen) atoms. The minimum atomic E-state index is -0.956. The third kappa shape index (κ3) is 6.59. The number of amides is 3. The van der Waals surface area contributed by atoms with Crippen molar-refractivity contribution in [1.29, 1.82) is 0 Å². The third-order valence-electron chi connectivity index (χ3n) is 3.44. The van der Waals surface area contributed by atoms with Gasteiger partial charge in [0.05, 0.1) is 19.2 Å². The topological polar surface area (TPSA) is 113 Å². The molecule has 9 heteroatoms. The number of nitrogens with zero attached hydrogens (tertiary/aromatic N) is 1. The number of aryl methyl sites for hydroxylation is 1. The first-order chi connectivity index (χ1) is 12.8. The van der Waals surface area contributed by atoms with Gasteiger partial charge < -0.3 is 15.1 Å². The summed E-state index contributed by atoms with van der Waals surface area (Å²) in [5, 5.41) is 9.29. The van der Waals surface area contributed by atoms with Gasteiger partial charge in [-0.1, -0.05) is 17.7 Å². The van der Waals surface area contributed by atoms with Crippen molar-refractivity contribution in [2.45, 2.75) is 26.8 Å². The zero-order valence-corrected chi connectivity index (χ0v) is 15.6. The van der Waals surface area contributed by atoms with Crippen molar-refractivity contribution in [2.24, 2.45) is 5.10 Å². The molecule has 0 atom stereocenters. The van der Waals surface area contributed by atoms with Crippen molar-refractivity contribution in [3.8, 4) is 0 Å². The Kier molecular flexibility index (Phi) is 7.13. The molecule has 0 spiro atoms. The standard InChI is InChI=1S/C18H19ClN4O4/c1-11-5-6-13(9-15(11)19)21-17(25)18(26)23-22-12(2)8-16(24)20-10-14-4-3-7-27-14/h3-7,9H,8,10H2,1-2H3,(H,20,24)(H,21,25)(H,23,26). The van der Waals surface area contributed by atoms with Crippen molar-refractivity contribution in [1.82, 2.24) is 10.7 Å². The van der Waals surface area contributed by atoms with Gasteiger partial charge in [0.1, 0.15) is 5.76 Å². The van der Waals surface area contributed by atoms with Crippen molar-refractivity contribution < 1.29 is 18.8 Å². The zero-order chi connectivity index (χ0) is 19.8. The number of halogens is 1. The predicted molar refractivity (Wildman–Crippen MR) is 101 cm³/mol. The normalized spacial score (nSPS) is 11.0. The largest absolute Gasteiger partial charge is 0.467 e. The van der Waals surface area contributed by atoms with Crippen molar-refractivity contribution >= 4 is 40.7 Å². The Labute approximate surface area is 161 Å². The van der Waals surface area contributed by atoms with Gasteiger partial charge in [-0.05, 0) is 43.7 Å². The van der Waals surface area contributed by atoms with Crippen LogP contribution in [0.2, 0.25) is 5.02 Å². The SMILES string of the molecule is CC(CC(=O)NCc1ccco1)=NNC(=O)C(=O)Nc1ccc(C)c(Cl)c1. The van der Waals surface area contributed by atoms with Gasteiger partial charge in [0, 0.05) is 16.4 Å². The predicted octanol–water partition coefficient (Wildman–Crippen LogP) is 2.38. The number of nitrogens with one attached hydrogen (secondary N) is 3. The van der Waals surface area contributed by atoms with E-state index in [1.807, 2.05) is 6.92 Å². The lowest BCUT2D eigenvalue weighted by Crippen LogP contribution is -2.33. The van der Waals surface area contributed by atoms with E-state index in [0.29, 0.717) is 22.2 Å². The van der Waals surface area contributed by atoms with Crippen molar-refractivity contribution in [3.63, 3.8) is 0 Å². The van der Waals surface area contributed by atoms with E-state index in [1.54, 1.807) is 37.3 Å². The van der Waals surface area contributed by atoms with Crippen LogP contribution in [0.5, 0.6) is 0 Å². The first-order valence-corrected chi connectivity index (χ1v) is 8.42. The van der Waals surface area contributed by atoms with Crippen LogP contribution in [0, 0.1) is 6.92 Å². The highest BCUT2D eigenvalue weighted by atomic mass is 35.5. The van der Waals surface area contributed by atoms with Crippen molar-refractivity contribution in [3.05, 3.63) is 52.9 Å². The highest BCUT2D eigenvalue weighted by molar-refractivity contribution is 6.40. The Hall–Kier alpha value is -3.13. The van der Waals surface area contributed by atoms with E-state index in [1.165, 1.54) is 6.26 Å². The molecule has 1 heterocycles. The highest BCUT2D eigenvalue weighted by Gasteiger charge is 2.14. The molecule has 0 aliphatic rings. The molecule has 0 saturated heterocycles. The van der Waals surface area contributed by atoms with Crippen LogP contribution >= 0.6 is 11.6 Å². The Morgan fingerprint density at radius 3 is 2.63 bits per heavy atom. The van der Waals surface area contributed by atoms with Gasteiger partial charge in [0.25, 0.3) is 0 Å². The highest BCUT2D eigenvalue weighted by Crippen LogP contribution is 2.19. The minimum absolute atomic E-state index is 0.0316. The molecule has 142 valence electrons. The molecule has 3 amide bonds. The Balaban J connectivity index is 1.78. The molecule has 3 N–H and O–H groups in total. The third-order valence-corrected chi connectivity index (χ3v) is 3.85. The summed E-state index contributed by atoms with van der Waals surface area (Å²) in [5.74, 6) is -1.52. The van der Waals surface area contributed by atoms with Gasteiger partial charge >= 0.3 is 11.8 Å². The molecule has 1 aromatic heterocycles. The number of carbonyl (C=O) groups is 3. The number of anilines is 1.